The first-order chi connectivity index (χ1) is 8.11. The van der Waals surface area contributed by atoms with E-state index in [9.17, 15) is 4.79 Å². The van der Waals surface area contributed by atoms with E-state index in [0.29, 0.717) is 6.54 Å². The molecule has 0 saturated heterocycles. The van der Waals surface area contributed by atoms with Crippen molar-refractivity contribution in [2.45, 2.75) is 6.42 Å². The zero-order valence-corrected chi connectivity index (χ0v) is 10.7. The molecule has 17 heavy (non-hydrogen) atoms. The molecule has 0 unspecified atom stereocenters. The van der Waals surface area contributed by atoms with Crippen LogP contribution in [0.3, 0.4) is 0 Å². The first-order valence-corrected chi connectivity index (χ1v) is 5.73. The number of hydrogen-bond donors (Lipinski definition) is 2. The van der Waals surface area contributed by atoms with Gasteiger partial charge in [0.2, 0.25) is 0 Å². The molecular formula is C11H21N5O. The first kappa shape index (κ1) is 13.5. The number of urea groups is 1. The summed E-state index contributed by atoms with van der Waals surface area (Å²) in [5.74, 6) is 1.06. The molecule has 1 aromatic heterocycles. The molecule has 0 saturated carbocycles. The molecule has 0 aromatic carbocycles. The second-order valence-electron chi connectivity index (χ2n) is 4.08. The van der Waals surface area contributed by atoms with Gasteiger partial charge in [-0.15, -0.1) is 0 Å². The normalized spacial score (nSPS) is 10.3. The Bertz CT molecular complexity index is 347. The highest BCUT2D eigenvalue weighted by atomic mass is 16.2. The fraction of sp³-hybridized carbons (Fsp3) is 0.636. The number of amides is 2. The number of nitrogens with one attached hydrogen (secondary N) is 2. The predicted molar refractivity (Wildman–Crippen MR) is 66.9 cm³/mol. The van der Waals surface area contributed by atoms with Crippen molar-refractivity contribution in [2.75, 3.05) is 33.7 Å². The van der Waals surface area contributed by atoms with E-state index in [0.717, 1.165) is 25.3 Å². The zero-order chi connectivity index (χ0) is 12.7. The van der Waals surface area contributed by atoms with Gasteiger partial charge in [0.05, 0.1) is 0 Å². The number of aromatic nitrogens is 2. The van der Waals surface area contributed by atoms with Crippen molar-refractivity contribution in [1.82, 2.24) is 25.1 Å². The smallest absolute Gasteiger partial charge is 0.316 e. The molecule has 1 heterocycles. The fourth-order valence-corrected chi connectivity index (χ4v) is 1.38. The average molecular weight is 239 g/mol. The first-order valence-electron chi connectivity index (χ1n) is 5.73. The quantitative estimate of drug-likeness (QED) is 0.677. The van der Waals surface area contributed by atoms with Gasteiger partial charge in [0.1, 0.15) is 5.82 Å². The number of imidazole rings is 1. The monoisotopic (exact) mass is 239 g/mol. The predicted octanol–water partition coefficient (Wildman–Crippen LogP) is -0.177. The van der Waals surface area contributed by atoms with E-state index in [4.69, 9.17) is 0 Å². The molecule has 2 amide bonds. The summed E-state index contributed by atoms with van der Waals surface area (Å²) < 4.78 is 2.01. The van der Waals surface area contributed by atoms with Crippen molar-refractivity contribution in [3.05, 3.63) is 18.2 Å². The molecule has 0 aliphatic rings. The summed E-state index contributed by atoms with van der Waals surface area (Å²) in [4.78, 5) is 16.9. The second kappa shape index (κ2) is 6.90. The lowest BCUT2D eigenvalue weighted by atomic mass is 10.4. The van der Waals surface area contributed by atoms with Crippen LogP contribution in [0, 0.1) is 0 Å². The second-order valence-corrected chi connectivity index (χ2v) is 4.08. The lowest BCUT2D eigenvalue weighted by molar-refractivity contribution is 0.217. The van der Waals surface area contributed by atoms with E-state index < -0.39 is 0 Å². The van der Waals surface area contributed by atoms with E-state index in [1.807, 2.05) is 17.8 Å². The summed E-state index contributed by atoms with van der Waals surface area (Å²) in [6, 6.07) is -0.0594. The van der Waals surface area contributed by atoms with Gasteiger partial charge in [-0.2, -0.15) is 0 Å². The Morgan fingerprint density at radius 3 is 2.76 bits per heavy atom. The van der Waals surface area contributed by atoms with Crippen LogP contribution < -0.4 is 10.6 Å². The number of rotatable bonds is 6. The van der Waals surface area contributed by atoms with Crippen LogP contribution in [-0.4, -0.2) is 54.2 Å². The minimum absolute atomic E-state index is 0.0594. The highest BCUT2D eigenvalue weighted by Crippen LogP contribution is 1.93. The minimum Gasteiger partial charge on any atom is -0.338 e. The molecule has 0 aliphatic carbocycles. The molecular weight excluding hydrogens is 218 g/mol. The molecule has 0 spiro atoms. The Morgan fingerprint density at radius 1 is 1.41 bits per heavy atom. The third-order valence-corrected chi connectivity index (χ3v) is 2.43. The van der Waals surface area contributed by atoms with Gasteiger partial charge in [0.25, 0.3) is 0 Å². The van der Waals surface area contributed by atoms with Crippen LogP contribution in [0.2, 0.25) is 0 Å². The molecule has 0 fully saturated rings. The number of hydrogen-bond acceptors (Lipinski definition) is 3. The molecule has 2 N–H and O–H groups in total. The maximum atomic E-state index is 11.2. The van der Waals surface area contributed by atoms with Crippen LogP contribution in [0.5, 0.6) is 0 Å². The van der Waals surface area contributed by atoms with Gasteiger partial charge in [0.15, 0.2) is 0 Å². The van der Waals surface area contributed by atoms with Gasteiger partial charge < -0.3 is 20.1 Å². The van der Waals surface area contributed by atoms with Crippen molar-refractivity contribution in [1.29, 1.82) is 0 Å². The summed E-state index contributed by atoms with van der Waals surface area (Å²) in [6.07, 6.45) is 4.63. The molecule has 0 bridgehead atoms. The summed E-state index contributed by atoms with van der Waals surface area (Å²) in [6.45, 7) is 2.27. The largest absolute Gasteiger partial charge is 0.338 e. The SMILES string of the molecule is CN(C)C(=O)NCCNCCc1nccn1C. The number of carbonyl (C=O) groups excluding carboxylic acids is 1. The maximum Gasteiger partial charge on any atom is 0.316 e. The Labute approximate surface area is 102 Å². The van der Waals surface area contributed by atoms with Crippen molar-refractivity contribution in [2.24, 2.45) is 7.05 Å². The van der Waals surface area contributed by atoms with Crippen LogP contribution >= 0.6 is 0 Å². The van der Waals surface area contributed by atoms with E-state index >= 15 is 0 Å². The van der Waals surface area contributed by atoms with E-state index in [-0.39, 0.29) is 6.03 Å². The van der Waals surface area contributed by atoms with Gasteiger partial charge in [-0.3, -0.25) is 0 Å². The van der Waals surface area contributed by atoms with Gasteiger partial charge >= 0.3 is 6.03 Å². The number of carbonyl (C=O) groups is 1. The Kier molecular flexibility index (Phi) is 5.48. The molecule has 6 heteroatoms. The van der Waals surface area contributed by atoms with E-state index in [1.54, 1.807) is 20.3 Å². The van der Waals surface area contributed by atoms with Crippen LogP contribution in [-0.2, 0) is 13.5 Å². The van der Waals surface area contributed by atoms with Gasteiger partial charge in [-0.05, 0) is 0 Å². The molecule has 6 nitrogen and oxygen atoms in total. The van der Waals surface area contributed by atoms with Gasteiger partial charge in [0, 0.05) is 59.6 Å². The molecule has 0 aliphatic heterocycles. The highest BCUT2D eigenvalue weighted by molar-refractivity contribution is 5.73. The Morgan fingerprint density at radius 2 is 2.18 bits per heavy atom. The fourth-order valence-electron chi connectivity index (χ4n) is 1.38. The third kappa shape index (κ3) is 4.86. The summed E-state index contributed by atoms with van der Waals surface area (Å²) in [5, 5.41) is 6.05. The number of aryl methyl sites for hydroxylation is 1. The third-order valence-electron chi connectivity index (χ3n) is 2.43. The Hall–Kier alpha value is -1.56. The summed E-state index contributed by atoms with van der Waals surface area (Å²) >= 11 is 0. The minimum atomic E-state index is -0.0594. The van der Waals surface area contributed by atoms with Crippen LogP contribution in [0.1, 0.15) is 5.82 Å². The molecule has 1 aromatic rings. The van der Waals surface area contributed by atoms with Crippen molar-refractivity contribution in [3.8, 4) is 0 Å². The van der Waals surface area contributed by atoms with Crippen LogP contribution in [0.25, 0.3) is 0 Å². The van der Waals surface area contributed by atoms with Crippen LogP contribution in [0.15, 0.2) is 12.4 Å². The molecule has 0 radical (unpaired) electrons. The lowest BCUT2D eigenvalue weighted by Gasteiger charge is -2.12. The molecule has 96 valence electrons. The van der Waals surface area contributed by atoms with Crippen molar-refractivity contribution >= 4 is 6.03 Å². The average Bonchev–Trinajstić information content (AvgIpc) is 2.68. The lowest BCUT2D eigenvalue weighted by Crippen LogP contribution is -2.38. The summed E-state index contributed by atoms with van der Waals surface area (Å²) in [7, 11) is 5.44. The number of nitrogens with zero attached hydrogens (tertiary/aromatic N) is 3. The van der Waals surface area contributed by atoms with Gasteiger partial charge in [-0.1, -0.05) is 0 Å². The van der Waals surface area contributed by atoms with E-state index in [2.05, 4.69) is 15.6 Å². The maximum absolute atomic E-state index is 11.2. The molecule has 0 atom stereocenters. The zero-order valence-electron chi connectivity index (χ0n) is 10.7. The van der Waals surface area contributed by atoms with Crippen molar-refractivity contribution in [3.63, 3.8) is 0 Å². The topological polar surface area (TPSA) is 62.2 Å². The standard InChI is InChI=1S/C11H21N5O/c1-15(2)11(17)14-7-6-12-5-4-10-13-8-9-16(10)3/h8-9,12H,4-7H2,1-3H3,(H,14,17). The highest BCUT2D eigenvalue weighted by Gasteiger charge is 2.01. The summed E-state index contributed by atoms with van der Waals surface area (Å²) in [5.41, 5.74) is 0. The molecule has 1 rings (SSSR count). The van der Waals surface area contributed by atoms with Gasteiger partial charge in [-0.25, -0.2) is 9.78 Å². The Balaban J connectivity index is 2.02. The van der Waals surface area contributed by atoms with E-state index in [1.165, 1.54) is 4.90 Å². The van der Waals surface area contributed by atoms with Crippen LogP contribution in [0.4, 0.5) is 4.79 Å². The van der Waals surface area contributed by atoms with Crippen molar-refractivity contribution < 1.29 is 4.79 Å².